The van der Waals surface area contributed by atoms with Gasteiger partial charge in [0, 0.05) is 59.9 Å². The van der Waals surface area contributed by atoms with Gasteiger partial charge in [-0.3, -0.25) is 19.5 Å². The Morgan fingerprint density at radius 1 is 1.03 bits per heavy atom. The largest absolute Gasteiger partial charge is 0.458 e. The van der Waals surface area contributed by atoms with Crippen LogP contribution in [0.25, 0.3) is 0 Å². The normalized spacial score (nSPS) is 36.4. The molecule has 0 unspecified atom stereocenters. The lowest BCUT2D eigenvalue weighted by molar-refractivity contribution is -0.286. The van der Waals surface area contributed by atoms with Gasteiger partial charge in [0.15, 0.2) is 17.7 Å². The molecule has 13 heteroatoms. The monoisotopic (exact) mass is 846 g/mol. The molecule has 1 aromatic heterocycles. The van der Waals surface area contributed by atoms with Crippen LogP contribution in [0, 0.1) is 40.9 Å². The second kappa shape index (κ2) is 19.2. The number of likely N-dealkylation sites (N-methyl/N-ethyl adjacent to an activating group) is 1. The van der Waals surface area contributed by atoms with Crippen molar-refractivity contribution in [2.24, 2.45) is 34.1 Å². The van der Waals surface area contributed by atoms with Crippen LogP contribution in [0.3, 0.4) is 0 Å². The van der Waals surface area contributed by atoms with Gasteiger partial charge in [0.2, 0.25) is 0 Å². The van der Waals surface area contributed by atoms with Crippen LogP contribution in [0.15, 0.2) is 47.5 Å². The third kappa shape index (κ3) is 9.69. The lowest BCUT2D eigenvalue weighted by Crippen LogP contribution is -2.58. The Kier molecular flexibility index (Phi) is 14.7. The number of amides is 1. The summed E-state index contributed by atoms with van der Waals surface area (Å²) in [5, 5.41) is 15.3. The Bertz CT molecular complexity index is 1930. The molecule has 4 aliphatic heterocycles. The number of hydrogen-bond donors (Lipinski definition) is 2. The van der Waals surface area contributed by atoms with Crippen LogP contribution in [0.1, 0.15) is 96.4 Å². The van der Waals surface area contributed by atoms with Crippen molar-refractivity contribution in [2.45, 2.75) is 143 Å². The number of fused-ring (bicyclic) bond motifs is 1. The van der Waals surface area contributed by atoms with Crippen LogP contribution in [0.2, 0.25) is 0 Å². The maximum absolute atomic E-state index is 14.7. The zero-order valence-electron chi connectivity index (χ0n) is 37.1. The number of rotatable bonds is 9. The molecule has 0 saturated carbocycles. The van der Waals surface area contributed by atoms with Crippen LogP contribution in [0.5, 0.6) is 0 Å². The number of ketones is 1. The van der Waals surface area contributed by atoms with Crippen molar-refractivity contribution in [2.75, 3.05) is 27.2 Å². The number of aliphatic hydroxyl groups excluding tert-OH is 1. The molecule has 2 aromatic rings. The number of benzene rings is 1. The Hall–Kier alpha value is -3.64. The Morgan fingerprint density at radius 2 is 1.77 bits per heavy atom. The smallest absolute Gasteiger partial charge is 0.410 e. The van der Waals surface area contributed by atoms with Crippen molar-refractivity contribution in [3.8, 4) is 11.8 Å². The third-order valence-electron chi connectivity index (χ3n) is 13.3. The van der Waals surface area contributed by atoms with E-state index in [0.717, 1.165) is 23.7 Å². The molecule has 0 radical (unpaired) electrons. The molecule has 0 spiro atoms. The molecule has 12 nitrogen and oxygen atoms in total. The second-order valence-corrected chi connectivity index (χ2v) is 19.4. The molecule has 5 heterocycles. The van der Waals surface area contributed by atoms with Crippen molar-refractivity contribution < 1.29 is 38.4 Å². The van der Waals surface area contributed by atoms with Crippen LogP contribution in [0.4, 0.5) is 4.79 Å². The molecular weight excluding hydrogens is 781 g/mol. The minimum absolute atomic E-state index is 0.141. The second-order valence-electron chi connectivity index (χ2n) is 18.3. The first-order chi connectivity index (χ1) is 28.5. The topological polar surface area (TPSA) is 139 Å². The summed E-state index contributed by atoms with van der Waals surface area (Å²) < 4.78 is 25.7. The molecule has 2 N–H and O–H groups in total. The molecule has 13 atom stereocenters. The van der Waals surface area contributed by atoms with E-state index in [1.54, 1.807) is 30.1 Å². The summed E-state index contributed by atoms with van der Waals surface area (Å²) in [5.74, 6) is 3.51. The van der Waals surface area contributed by atoms with Gasteiger partial charge in [0.25, 0.3) is 0 Å². The summed E-state index contributed by atoms with van der Waals surface area (Å²) in [5.41, 5.74) is 0.154. The highest BCUT2D eigenvalue weighted by Crippen LogP contribution is 2.46. The van der Waals surface area contributed by atoms with Crippen molar-refractivity contribution in [1.29, 1.82) is 0 Å². The Labute approximate surface area is 360 Å². The number of nitrogens with one attached hydrogen (secondary N) is 1. The highest BCUT2D eigenvalue weighted by atomic mass is 32.1. The number of aliphatic hydroxyl groups is 1. The number of carbonyl (C=O) groups excluding carboxylic acids is 3. The van der Waals surface area contributed by atoms with Crippen LogP contribution in [-0.4, -0.2) is 114 Å². The molecular formula is C47H66N4O8S. The zero-order chi connectivity index (χ0) is 43.5. The van der Waals surface area contributed by atoms with E-state index in [1.165, 1.54) is 10.4 Å². The molecule has 3 fully saturated rings. The highest BCUT2D eigenvalue weighted by Gasteiger charge is 2.60. The van der Waals surface area contributed by atoms with E-state index >= 15 is 0 Å². The quantitative estimate of drug-likeness (QED) is 0.164. The zero-order valence-corrected chi connectivity index (χ0v) is 37.9. The standard InChI is InChI=1S/C47H66N4O8S/c1-11-37-47(8)41-30(4)38(49-22-23-51(41)45(55)59-47)28(2)25-46(7,21-15-18-34-19-20-35(60-34)27-48-26-33-16-13-12-14-17-33)42(31(5)39(52)32(6)43(54)57-37)58-44-40(53)36(50(9)10)24-29(3)56-44/h12-14,16-17,19-20,28-32,36-37,40-42,44,48,53H,11,21-27H2,1-10H3/t28-,29-,30+,31+,32-,36+,37-,40-,41-,42-,44+,46+,47-/m1/s1. The van der Waals surface area contributed by atoms with Gasteiger partial charge >= 0.3 is 12.1 Å². The number of Topliss-reactive ketones (excluding diaryl/α,β-unsaturated/α-hetero) is 1. The van der Waals surface area contributed by atoms with E-state index in [4.69, 9.17) is 23.9 Å². The molecule has 60 heavy (non-hydrogen) atoms. The molecule has 6 rings (SSSR count). The lowest BCUT2D eigenvalue weighted by atomic mass is 9.66. The molecule has 0 aliphatic carbocycles. The highest BCUT2D eigenvalue weighted by molar-refractivity contribution is 7.12. The number of hydrogen-bond acceptors (Lipinski definition) is 12. The first-order valence-electron chi connectivity index (χ1n) is 21.7. The first kappa shape index (κ1) is 45.9. The van der Waals surface area contributed by atoms with Crippen LogP contribution in [-0.2, 0) is 41.6 Å². The van der Waals surface area contributed by atoms with Gasteiger partial charge in [0.05, 0.1) is 29.7 Å². The Morgan fingerprint density at radius 3 is 2.47 bits per heavy atom. The molecule has 328 valence electrons. The van der Waals surface area contributed by atoms with Crippen molar-refractivity contribution >= 4 is 34.9 Å². The fraction of sp³-hybridized carbons (Fsp3) is 0.660. The van der Waals surface area contributed by atoms with Gasteiger partial charge in [-0.05, 0) is 77.7 Å². The summed E-state index contributed by atoms with van der Waals surface area (Å²) in [6.07, 6.45) is -2.51. The first-order valence-corrected chi connectivity index (χ1v) is 22.5. The summed E-state index contributed by atoms with van der Waals surface area (Å²) in [7, 11) is 3.85. The number of cyclic esters (lactones) is 1. The van der Waals surface area contributed by atoms with Crippen molar-refractivity contribution in [3.63, 3.8) is 0 Å². The van der Waals surface area contributed by atoms with E-state index in [9.17, 15) is 19.5 Å². The number of aliphatic imine (C=N–C) groups is 1. The SMILES string of the molecule is CC[C@H]1OC(=O)[C@H](C)C(=O)[C@H](C)[C@@H](O[C@@H]2O[C@H](C)C[C@H](N(C)C)[C@H]2O)[C@@](C)(CC#Cc2ccc(CNCc3ccccc3)s2)C[C@@H](C)C2=NCCN3C(=O)O[C@@]1(C)[C@H]3[C@H]2C. The van der Waals surface area contributed by atoms with E-state index in [1.807, 2.05) is 64.0 Å². The average molecular weight is 847 g/mol. The van der Waals surface area contributed by atoms with Gasteiger partial charge < -0.3 is 34.3 Å². The van der Waals surface area contributed by atoms with E-state index in [0.29, 0.717) is 38.8 Å². The minimum Gasteiger partial charge on any atom is -0.458 e. The number of thiophene rings is 1. The predicted octanol–water partition coefficient (Wildman–Crippen LogP) is 6.47. The van der Waals surface area contributed by atoms with E-state index in [2.05, 4.69) is 56.1 Å². The van der Waals surface area contributed by atoms with Gasteiger partial charge in [-0.2, -0.15) is 0 Å². The third-order valence-corrected chi connectivity index (χ3v) is 14.4. The van der Waals surface area contributed by atoms with Gasteiger partial charge in [0.1, 0.15) is 18.1 Å². The lowest BCUT2D eigenvalue weighted by Gasteiger charge is -2.47. The van der Waals surface area contributed by atoms with Crippen molar-refractivity contribution in [1.82, 2.24) is 15.1 Å². The van der Waals surface area contributed by atoms with E-state index < -0.39 is 65.6 Å². The number of ether oxygens (including phenoxy) is 4. The summed E-state index contributed by atoms with van der Waals surface area (Å²) in [6, 6.07) is 13.7. The minimum atomic E-state index is -1.17. The summed E-state index contributed by atoms with van der Waals surface area (Å²) in [6.45, 7) is 17.6. The number of nitrogens with zero attached hydrogens (tertiary/aromatic N) is 3. The number of carbonyl (C=O) groups is 3. The van der Waals surface area contributed by atoms with Gasteiger partial charge in [-0.25, -0.2) is 4.79 Å². The van der Waals surface area contributed by atoms with Gasteiger partial charge in [-0.1, -0.05) is 76.8 Å². The maximum Gasteiger partial charge on any atom is 0.410 e. The van der Waals surface area contributed by atoms with Gasteiger partial charge in [-0.15, -0.1) is 11.3 Å². The average Bonchev–Trinajstić information content (AvgIpc) is 3.70. The fourth-order valence-corrected chi connectivity index (χ4v) is 11.1. The van der Waals surface area contributed by atoms with Crippen LogP contribution < -0.4 is 5.32 Å². The molecule has 2 bridgehead atoms. The summed E-state index contributed by atoms with van der Waals surface area (Å²) >= 11 is 1.64. The molecule has 4 aliphatic rings. The maximum atomic E-state index is 14.7. The molecule has 1 amide bonds. The van der Waals surface area contributed by atoms with Crippen molar-refractivity contribution in [3.05, 3.63) is 57.8 Å². The number of esters is 1. The predicted molar refractivity (Wildman–Crippen MR) is 232 cm³/mol. The summed E-state index contributed by atoms with van der Waals surface area (Å²) in [4.78, 5) is 53.2. The fourth-order valence-electron chi connectivity index (χ4n) is 10.3. The molecule has 3 saturated heterocycles. The Balaban J connectivity index is 1.38. The van der Waals surface area contributed by atoms with E-state index in [-0.39, 0.29) is 29.8 Å². The molecule has 1 aromatic carbocycles. The van der Waals surface area contributed by atoms with Crippen LogP contribution >= 0.6 is 11.3 Å².